The predicted octanol–water partition coefficient (Wildman–Crippen LogP) is 2.34. The summed E-state index contributed by atoms with van der Waals surface area (Å²) in [5.41, 5.74) is 2.03. The van der Waals surface area contributed by atoms with Gasteiger partial charge in [0.05, 0.1) is 12.1 Å². The van der Waals surface area contributed by atoms with Crippen LogP contribution in [0.15, 0.2) is 30.5 Å². The molecule has 3 rings (SSSR count). The number of carbonyl (C=O) groups excluding carboxylic acids is 1. The fraction of sp³-hybridized carbons (Fsp3) is 0.450. The van der Waals surface area contributed by atoms with Crippen molar-refractivity contribution in [2.45, 2.75) is 32.1 Å². The van der Waals surface area contributed by atoms with Crippen molar-refractivity contribution < 1.29 is 32.3 Å². The molecule has 0 bridgehead atoms. The minimum atomic E-state index is -5.08. The summed E-state index contributed by atoms with van der Waals surface area (Å²) in [5.74, 6) is -1.90. The molecule has 0 atom stereocenters. The van der Waals surface area contributed by atoms with Crippen LogP contribution in [0.4, 0.5) is 17.6 Å². The number of rotatable bonds is 4. The zero-order chi connectivity index (χ0) is 23.2. The number of carboxylic acid groups (broad SMARTS) is 1. The molecule has 0 saturated heterocycles. The van der Waals surface area contributed by atoms with Crippen molar-refractivity contribution in [3.05, 3.63) is 53.4 Å². The number of carbonyl (C=O) groups is 2. The fourth-order valence-electron chi connectivity index (χ4n) is 3.08. The Morgan fingerprint density at radius 3 is 2.29 bits per heavy atom. The average Bonchev–Trinajstić information content (AvgIpc) is 2.91. The summed E-state index contributed by atoms with van der Waals surface area (Å²) in [4.78, 5) is 29.9. The number of imidazole rings is 1. The summed E-state index contributed by atoms with van der Waals surface area (Å²) in [7, 11) is 4.07. The van der Waals surface area contributed by atoms with Gasteiger partial charge in [-0.15, -0.1) is 0 Å². The lowest BCUT2D eigenvalue weighted by Crippen LogP contribution is -2.35. The molecule has 0 fully saturated rings. The van der Waals surface area contributed by atoms with E-state index in [2.05, 4.69) is 14.5 Å². The van der Waals surface area contributed by atoms with Gasteiger partial charge in [-0.25, -0.2) is 14.2 Å². The maximum absolute atomic E-state index is 13.0. The van der Waals surface area contributed by atoms with Gasteiger partial charge in [0, 0.05) is 38.8 Å². The van der Waals surface area contributed by atoms with E-state index in [1.165, 1.54) is 17.8 Å². The summed E-state index contributed by atoms with van der Waals surface area (Å²) in [6, 6.07) is 6.14. The zero-order valence-corrected chi connectivity index (χ0v) is 17.2. The van der Waals surface area contributed by atoms with E-state index in [0.717, 1.165) is 30.9 Å². The van der Waals surface area contributed by atoms with Gasteiger partial charge in [0.25, 0.3) is 0 Å². The molecule has 7 nitrogen and oxygen atoms in total. The topological polar surface area (TPSA) is 78.7 Å². The second-order valence-electron chi connectivity index (χ2n) is 7.29. The Morgan fingerprint density at radius 2 is 1.74 bits per heavy atom. The van der Waals surface area contributed by atoms with E-state index in [1.54, 1.807) is 12.1 Å². The van der Waals surface area contributed by atoms with Gasteiger partial charge in [-0.3, -0.25) is 4.79 Å². The van der Waals surface area contributed by atoms with E-state index in [-0.39, 0.29) is 11.7 Å². The van der Waals surface area contributed by atoms with Crippen LogP contribution in [0.2, 0.25) is 0 Å². The molecule has 0 saturated carbocycles. The van der Waals surface area contributed by atoms with Crippen LogP contribution in [-0.2, 0) is 35.5 Å². The first-order valence-electron chi connectivity index (χ1n) is 9.47. The molecule has 1 aliphatic heterocycles. The van der Waals surface area contributed by atoms with Crippen LogP contribution in [0.5, 0.6) is 0 Å². The second-order valence-corrected chi connectivity index (χ2v) is 7.29. The molecule has 2 aromatic rings. The third-order valence-electron chi connectivity index (χ3n) is 4.56. The van der Waals surface area contributed by atoms with Gasteiger partial charge < -0.3 is 19.5 Å². The van der Waals surface area contributed by atoms with Gasteiger partial charge in [-0.2, -0.15) is 13.2 Å². The molecule has 0 aliphatic carbocycles. The summed E-state index contributed by atoms with van der Waals surface area (Å²) < 4.78 is 46.9. The van der Waals surface area contributed by atoms with Crippen LogP contribution in [-0.4, -0.2) is 69.7 Å². The highest BCUT2D eigenvalue weighted by atomic mass is 19.4. The number of hydrogen-bond donors (Lipinski definition) is 1. The fourth-order valence-corrected chi connectivity index (χ4v) is 3.08. The van der Waals surface area contributed by atoms with Gasteiger partial charge in [-0.1, -0.05) is 12.1 Å². The van der Waals surface area contributed by atoms with Crippen LogP contribution in [0.1, 0.15) is 17.1 Å². The van der Waals surface area contributed by atoms with Gasteiger partial charge in [0.2, 0.25) is 5.91 Å². The number of benzene rings is 1. The monoisotopic (exact) mass is 444 g/mol. The summed E-state index contributed by atoms with van der Waals surface area (Å²) in [6.45, 7) is 2.98. The third-order valence-corrected chi connectivity index (χ3v) is 4.56. The number of nitrogens with zero attached hydrogens (tertiary/aromatic N) is 4. The number of alkyl halides is 3. The van der Waals surface area contributed by atoms with Crippen molar-refractivity contribution >= 4 is 11.9 Å². The van der Waals surface area contributed by atoms with Crippen LogP contribution in [0.25, 0.3) is 0 Å². The SMILES string of the molecule is CN(C)Cc1cnc2n1CCN(C(=O)Cc1ccc(F)cc1)CC2.O=C(O)C(F)(F)F. The van der Waals surface area contributed by atoms with Crippen LogP contribution < -0.4 is 0 Å². The van der Waals surface area contributed by atoms with Crippen molar-refractivity contribution in [2.75, 3.05) is 27.2 Å². The molecule has 31 heavy (non-hydrogen) atoms. The number of amides is 1. The first-order valence-corrected chi connectivity index (χ1v) is 9.47. The lowest BCUT2D eigenvalue weighted by molar-refractivity contribution is -0.192. The van der Waals surface area contributed by atoms with Gasteiger partial charge in [0.1, 0.15) is 11.6 Å². The summed E-state index contributed by atoms with van der Waals surface area (Å²) in [5, 5.41) is 7.12. The molecular weight excluding hydrogens is 420 g/mol. The lowest BCUT2D eigenvalue weighted by atomic mass is 10.1. The van der Waals surface area contributed by atoms with Crippen LogP contribution in [0, 0.1) is 5.82 Å². The smallest absolute Gasteiger partial charge is 0.475 e. The van der Waals surface area contributed by atoms with Crippen molar-refractivity contribution in [1.29, 1.82) is 0 Å². The molecule has 170 valence electrons. The summed E-state index contributed by atoms with van der Waals surface area (Å²) >= 11 is 0. The molecule has 1 aromatic heterocycles. The van der Waals surface area contributed by atoms with E-state index in [9.17, 15) is 22.4 Å². The molecule has 1 aliphatic rings. The van der Waals surface area contributed by atoms with E-state index in [1.807, 2.05) is 25.2 Å². The molecular formula is C20H24F4N4O3. The number of aliphatic carboxylic acids is 1. The Hall–Kier alpha value is -2.95. The molecule has 11 heteroatoms. The Morgan fingerprint density at radius 1 is 1.13 bits per heavy atom. The minimum absolute atomic E-state index is 0.0847. The molecule has 0 spiro atoms. The first-order chi connectivity index (χ1) is 14.5. The second kappa shape index (κ2) is 10.4. The van der Waals surface area contributed by atoms with Crippen molar-refractivity contribution in [1.82, 2.24) is 19.4 Å². The number of halogens is 4. The molecule has 0 radical (unpaired) electrons. The van der Waals surface area contributed by atoms with Crippen LogP contribution >= 0.6 is 0 Å². The highest BCUT2D eigenvalue weighted by Crippen LogP contribution is 2.15. The average molecular weight is 444 g/mol. The standard InChI is InChI=1S/C18H23FN4O.C2HF3O2/c1-21(2)13-16-12-20-17-7-8-22(9-10-23(16)17)18(24)11-14-3-5-15(19)6-4-14;3-2(4,5)1(6)7/h3-6,12H,7-11,13H2,1-2H3;(H,6,7). The molecule has 0 unspecified atom stereocenters. The van der Waals surface area contributed by atoms with Crippen LogP contribution in [0.3, 0.4) is 0 Å². The highest BCUT2D eigenvalue weighted by molar-refractivity contribution is 5.78. The number of fused-ring (bicyclic) bond motifs is 1. The highest BCUT2D eigenvalue weighted by Gasteiger charge is 2.38. The Kier molecular flexibility index (Phi) is 8.14. The molecule has 1 amide bonds. The molecule has 1 aromatic carbocycles. The van der Waals surface area contributed by atoms with E-state index in [4.69, 9.17) is 9.90 Å². The van der Waals surface area contributed by atoms with E-state index >= 15 is 0 Å². The quantitative estimate of drug-likeness (QED) is 0.733. The normalized spacial score (nSPS) is 13.8. The number of aromatic nitrogens is 2. The maximum Gasteiger partial charge on any atom is 0.490 e. The number of carboxylic acids is 1. The Bertz CT molecular complexity index is 895. The first kappa shape index (κ1) is 24.3. The van der Waals surface area contributed by atoms with Gasteiger partial charge >= 0.3 is 12.1 Å². The minimum Gasteiger partial charge on any atom is -0.475 e. The summed E-state index contributed by atoms with van der Waals surface area (Å²) in [6.07, 6.45) is -2.07. The number of hydrogen-bond acceptors (Lipinski definition) is 4. The molecule has 2 heterocycles. The maximum atomic E-state index is 13.0. The van der Waals surface area contributed by atoms with Crippen molar-refractivity contribution in [2.24, 2.45) is 0 Å². The zero-order valence-electron chi connectivity index (χ0n) is 17.2. The van der Waals surface area contributed by atoms with Gasteiger partial charge in [-0.05, 0) is 31.8 Å². The van der Waals surface area contributed by atoms with Crippen molar-refractivity contribution in [3.63, 3.8) is 0 Å². The molecule has 1 N–H and O–H groups in total. The Labute approximate surface area is 176 Å². The predicted molar refractivity (Wildman–Crippen MR) is 104 cm³/mol. The van der Waals surface area contributed by atoms with E-state index in [0.29, 0.717) is 19.5 Å². The lowest BCUT2D eigenvalue weighted by Gasteiger charge is -2.20. The Balaban J connectivity index is 0.000000423. The van der Waals surface area contributed by atoms with Crippen molar-refractivity contribution in [3.8, 4) is 0 Å². The third kappa shape index (κ3) is 7.35. The van der Waals surface area contributed by atoms with E-state index < -0.39 is 12.1 Å². The van der Waals surface area contributed by atoms with Gasteiger partial charge in [0.15, 0.2) is 0 Å². The largest absolute Gasteiger partial charge is 0.490 e.